The first-order valence-electron chi connectivity index (χ1n) is 9.25. The van der Waals surface area contributed by atoms with Crippen molar-refractivity contribution in [3.05, 3.63) is 77.1 Å². The predicted molar refractivity (Wildman–Crippen MR) is 115 cm³/mol. The van der Waals surface area contributed by atoms with Crippen LogP contribution >= 0.6 is 0 Å². The predicted octanol–water partition coefficient (Wildman–Crippen LogP) is 2.58. The standard InChI is InChI=1S/C22H20N2O7S/c1-30-15-5-7-16(8-6-15)32(28,29)20-17(22(27)31-2)11-14(19(23)18(20)21(25)26)10-13-4-3-9-24-12-13/h3-9,11-12H,10,23H2,1-2H3,(H,25,26). The first kappa shape index (κ1) is 22.8. The maximum atomic E-state index is 13.4. The Morgan fingerprint density at radius 3 is 2.34 bits per heavy atom. The average molecular weight is 456 g/mol. The number of benzene rings is 2. The van der Waals surface area contributed by atoms with Gasteiger partial charge in [0.15, 0.2) is 0 Å². The molecule has 0 fully saturated rings. The second kappa shape index (κ2) is 9.06. The Balaban J connectivity index is 2.31. The van der Waals surface area contributed by atoms with Gasteiger partial charge in [-0.15, -0.1) is 0 Å². The van der Waals surface area contributed by atoms with Gasteiger partial charge in [-0.1, -0.05) is 6.07 Å². The number of ether oxygens (including phenoxy) is 2. The van der Waals surface area contributed by atoms with Crippen LogP contribution in [0.3, 0.4) is 0 Å². The molecular formula is C22H20N2O7S. The molecule has 3 rings (SSSR count). The number of pyridine rings is 1. The summed E-state index contributed by atoms with van der Waals surface area (Å²) in [6.45, 7) is 0. The molecule has 0 aliphatic heterocycles. The second-order valence-corrected chi connectivity index (χ2v) is 8.60. The third kappa shape index (κ3) is 4.26. The molecule has 3 aromatic rings. The van der Waals surface area contributed by atoms with Crippen LogP contribution in [0.25, 0.3) is 0 Å². The molecule has 10 heteroatoms. The lowest BCUT2D eigenvalue weighted by molar-refractivity contribution is 0.0596. The van der Waals surface area contributed by atoms with Crippen molar-refractivity contribution in [2.45, 2.75) is 16.2 Å². The van der Waals surface area contributed by atoms with Gasteiger partial charge in [0.1, 0.15) is 16.2 Å². The molecule has 0 saturated carbocycles. The van der Waals surface area contributed by atoms with Gasteiger partial charge < -0.3 is 20.3 Å². The van der Waals surface area contributed by atoms with Crippen LogP contribution < -0.4 is 10.5 Å². The van der Waals surface area contributed by atoms with E-state index in [0.717, 1.165) is 7.11 Å². The maximum absolute atomic E-state index is 13.4. The number of carboxylic acids is 1. The lowest BCUT2D eigenvalue weighted by Crippen LogP contribution is -2.20. The topological polar surface area (TPSA) is 146 Å². The molecule has 0 radical (unpaired) electrons. The molecule has 0 aliphatic rings. The number of nitrogens with two attached hydrogens (primary N) is 1. The van der Waals surface area contributed by atoms with Crippen LogP contribution in [0, 0.1) is 0 Å². The van der Waals surface area contributed by atoms with E-state index in [1.54, 1.807) is 24.5 Å². The van der Waals surface area contributed by atoms with Gasteiger partial charge in [-0.3, -0.25) is 4.98 Å². The van der Waals surface area contributed by atoms with Gasteiger partial charge in [-0.2, -0.15) is 0 Å². The number of nitrogen functional groups attached to an aromatic ring is 1. The number of esters is 1. The summed E-state index contributed by atoms with van der Waals surface area (Å²) >= 11 is 0. The van der Waals surface area contributed by atoms with Crippen LogP contribution in [0.5, 0.6) is 5.75 Å². The summed E-state index contributed by atoms with van der Waals surface area (Å²) in [4.78, 5) is 27.7. The van der Waals surface area contributed by atoms with E-state index in [-0.39, 0.29) is 22.6 Å². The molecular weight excluding hydrogens is 436 g/mol. The normalized spacial score (nSPS) is 11.1. The molecule has 1 aromatic heterocycles. The molecule has 32 heavy (non-hydrogen) atoms. The minimum absolute atomic E-state index is 0.132. The number of aromatic nitrogens is 1. The van der Waals surface area contributed by atoms with Crippen molar-refractivity contribution in [1.82, 2.24) is 4.98 Å². The van der Waals surface area contributed by atoms with Crippen molar-refractivity contribution >= 4 is 27.5 Å². The highest BCUT2D eigenvalue weighted by Gasteiger charge is 2.34. The Kier molecular flexibility index (Phi) is 6.45. The Bertz CT molecular complexity index is 1270. The minimum atomic E-state index is -4.47. The van der Waals surface area contributed by atoms with Gasteiger partial charge in [0.05, 0.1) is 30.4 Å². The number of hydrogen-bond acceptors (Lipinski definition) is 8. The van der Waals surface area contributed by atoms with Gasteiger partial charge in [0, 0.05) is 18.8 Å². The van der Waals surface area contributed by atoms with Crippen molar-refractivity contribution in [3.63, 3.8) is 0 Å². The Hall–Kier alpha value is -3.92. The quantitative estimate of drug-likeness (QED) is 0.404. The highest BCUT2D eigenvalue weighted by Crippen LogP contribution is 2.35. The number of rotatable bonds is 7. The second-order valence-electron chi connectivity index (χ2n) is 6.71. The van der Waals surface area contributed by atoms with Gasteiger partial charge in [0.2, 0.25) is 9.84 Å². The molecule has 1 heterocycles. The first-order valence-corrected chi connectivity index (χ1v) is 10.7. The van der Waals surface area contributed by atoms with E-state index < -0.39 is 37.8 Å². The van der Waals surface area contributed by atoms with E-state index in [0.29, 0.717) is 11.3 Å². The number of anilines is 1. The van der Waals surface area contributed by atoms with Crippen LogP contribution in [0.4, 0.5) is 5.69 Å². The van der Waals surface area contributed by atoms with Crippen molar-refractivity contribution in [2.24, 2.45) is 0 Å². The van der Waals surface area contributed by atoms with Gasteiger partial charge in [0.25, 0.3) is 0 Å². The highest BCUT2D eigenvalue weighted by molar-refractivity contribution is 7.91. The molecule has 0 saturated heterocycles. The zero-order valence-electron chi connectivity index (χ0n) is 17.2. The molecule has 0 spiro atoms. The highest BCUT2D eigenvalue weighted by atomic mass is 32.2. The van der Waals surface area contributed by atoms with Crippen molar-refractivity contribution in [1.29, 1.82) is 0 Å². The Morgan fingerprint density at radius 2 is 1.81 bits per heavy atom. The number of aromatic carboxylic acids is 1. The lowest BCUT2D eigenvalue weighted by atomic mass is 9.97. The zero-order chi connectivity index (χ0) is 23.5. The summed E-state index contributed by atoms with van der Waals surface area (Å²) in [6.07, 6.45) is 3.26. The molecule has 166 valence electrons. The van der Waals surface area contributed by atoms with Crippen molar-refractivity contribution in [2.75, 3.05) is 20.0 Å². The molecule has 0 aliphatic carbocycles. The van der Waals surface area contributed by atoms with Crippen molar-refractivity contribution < 1.29 is 32.6 Å². The molecule has 0 amide bonds. The lowest BCUT2D eigenvalue weighted by Gasteiger charge is -2.18. The first-order chi connectivity index (χ1) is 15.2. The molecule has 0 bridgehead atoms. The van der Waals surface area contributed by atoms with E-state index in [2.05, 4.69) is 4.98 Å². The van der Waals surface area contributed by atoms with E-state index in [1.807, 2.05) is 0 Å². The summed E-state index contributed by atoms with van der Waals surface area (Å²) in [5.74, 6) is -2.19. The fourth-order valence-electron chi connectivity index (χ4n) is 3.23. The minimum Gasteiger partial charge on any atom is -0.497 e. The number of carbonyl (C=O) groups excluding carboxylic acids is 1. The number of hydrogen-bond donors (Lipinski definition) is 2. The Labute approximate surface area is 184 Å². The third-order valence-corrected chi connectivity index (χ3v) is 6.63. The SMILES string of the molecule is COC(=O)c1cc(Cc2cccnc2)c(N)c(C(=O)O)c1S(=O)(=O)c1ccc(OC)cc1. The van der Waals surface area contributed by atoms with E-state index in [1.165, 1.54) is 37.4 Å². The maximum Gasteiger partial charge on any atom is 0.339 e. The third-order valence-electron chi connectivity index (χ3n) is 4.78. The number of carboxylic acid groups (broad SMARTS) is 1. The Morgan fingerprint density at radius 1 is 1.12 bits per heavy atom. The zero-order valence-corrected chi connectivity index (χ0v) is 18.0. The molecule has 2 aromatic carbocycles. The van der Waals surface area contributed by atoms with Crippen LogP contribution in [0.15, 0.2) is 64.6 Å². The summed E-state index contributed by atoms with van der Waals surface area (Å²) in [5, 5.41) is 9.88. The smallest absolute Gasteiger partial charge is 0.339 e. The van der Waals surface area contributed by atoms with Gasteiger partial charge in [-0.25, -0.2) is 18.0 Å². The summed E-state index contributed by atoms with van der Waals surface area (Å²) in [6, 6.07) is 9.99. The fraction of sp³-hybridized carbons (Fsp3) is 0.136. The number of nitrogens with zero attached hydrogens (tertiary/aromatic N) is 1. The van der Waals surface area contributed by atoms with Crippen LogP contribution in [0.1, 0.15) is 31.8 Å². The summed E-state index contributed by atoms with van der Waals surface area (Å²) < 4.78 is 36.7. The average Bonchev–Trinajstić information content (AvgIpc) is 2.79. The summed E-state index contributed by atoms with van der Waals surface area (Å²) in [5.41, 5.74) is 5.69. The monoisotopic (exact) mass is 456 g/mol. The van der Waals surface area contributed by atoms with Gasteiger partial charge in [-0.05, 0) is 47.5 Å². The number of carbonyl (C=O) groups is 2. The molecule has 9 nitrogen and oxygen atoms in total. The molecule has 0 unspecified atom stereocenters. The van der Waals surface area contributed by atoms with Crippen LogP contribution in [-0.4, -0.2) is 44.7 Å². The van der Waals surface area contributed by atoms with Crippen molar-refractivity contribution in [3.8, 4) is 5.75 Å². The molecule has 0 atom stereocenters. The van der Waals surface area contributed by atoms with E-state index >= 15 is 0 Å². The van der Waals surface area contributed by atoms with E-state index in [9.17, 15) is 23.1 Å². The summed E-state index contributed by atoms with van der Waals surface area (Å²) in [7, 11) is -1.97. The number of methoxy groups -OCH3 is 2. The van der Waals surface area contributed by atoms with Crippen LogP contribution in [0.2, 0.25) is 0 Å². The van der Waals surface area contributed by atoms with Gasteiger partial charge >= 0.3 is 11.9 Å². The number of sulfone groups is 1. The largest absolute Gasteiger partial charge is 0.497 e. The molecule has 3 N–H and O–H groups in total. The van der Waals surface area contributed by atoms with E-state index in [4.69, 9.17) is 15.2 Å². The van der Waals surface area contributed by atoms with Crippen LogP contribution in [-0.2, 0) is 21.0 Å². The fourth-order valence-corrected chi connectivity index (χ4v) is 4.86.